The molecular weight excluding hydrogens is 465 g/mol. The summed E-state index contributed by atoms with van der Waals surface area (Å²) in [6, 6.07) is 17.3. The third kappa shape index (κ3) is 4.90. The van der Waals surface area contributed by atoms with Gasteiger partial charge in [-0.1, -0.05) is 18.2 Å². The van der Waals surface area contributed by atoms with E-state index < -0.39 is 0 Å². The predicted molar refractivity (Wildman–Crippen MR) is 145 cm³/mol. The second kappa shape index (κ2) is 10.1. The molecule has 1 aromatic carbocycles. The van der Waals surface area contributed by atoms with Crippen molar-refractivity contribution in [2.45, 2.75) is 31.7 Å². The fraction of sp³-hybridized carbons (Fsp3) is 0.414. The number of anilines is 2. The minimum Gasteiger partial charge on any atom is -0.357 e. The van der Waals surface area contributed by atoms with Gasteiger partial charge in [0.25, 0.3) is 0 Å². The van der Waals surface area contributed by atoms with Crippen molar-refractivity contribution >= 4 is 17.3 Å². The van der Waals surface area contributed by atoms with Gasteiger partial charge in [-0.05, 0) is 87.7 Å². The average molecular weight is 500 g/mol. The van der Waals surface area contributed by atoms with E-state index in [1.54, 1.807) is 12.1 Å². The van der Waals surface area contributed by atoms with Crippen LogP contribution in [0.3, 0.4) is 0 Å². The molecule has 3 aromatic heterocycles. The summed E-state index contributed by atoms with van der Waals surface area (Å²) in [6.07, 6.45) is 6.26. The van der Waals surface area contributed by atoms with Gasteiger partial charge in [0.2, 0.25) is 0 Å². The first-order chi connectivity index (χ1) is 18.0. The number of pyridine rings is 1. The van der Waals surface area contributed by atoms with E-state index in [1.165, 1.54) is 18.9 Å². The molecule has 4 aromatic rings. The first-order valence-electron chi connectivity index (χ1n) is 13.3. The van der Waals surface area contributed by atoms with Crippen molar-refractivity contribution in [3.63, 3.8) is 0 Å². The molecule has 0 amide bonds. The zero-order chi connectivity index (χ0) is 25.4. The molecule has 5 heterocycles. The SMILES string of the molecule is CN(C)CC1CCN(c2cccc(-c3cnc4ccc(N5CCCC5c5cccc(F)c5)nn34)n2)CC1. The molecule has 0 radical (unpaired) electrons. The third-order valence-electron chi connectivity index (χ3n) is 7.69. The van der Waals surface area contributed by atoms with Crippen LogP contribution in [0.1, 0.15) is 37.3 Å². The van der Waals surface area contributed by atoms with Crippen molar-refractivity contribution in [1.82, 2.24) is 24.5 Å². The zero-order valence-corrected chi connectivity index (χ0v) is 21.6. The van der Waals surface area contributed by atoms with Crippen LogP contribution >= 0.6 is 0 Å². The molecule has 0 N–H and O–H groups in total. The van der Waals surface area contributed by atoms with Crippen LogP contribution < -0.4 is 9.80 Å². The van der Waals surface area contributed by atoms with Crippen molar-refractivity contribution in [1.29, 1.82) is 0 Å². The summed E-state index contributed by atoms with van der Waals surface area (Å²) in [5.74, 6) is 2.44. The van der Waals surface area contributed by atoms with Gasteiger partial charge in [-0.15, -0.1) is 5.10 Å². The number of hydrogen-bond acceptors (Lipinski definition) is 6. The van der Waals surface area contributed by atoms with E-state index in [0.29, 0.717) is 0 Å². The molecule has 7 nitrogen and oxygen atoms in total. The summed E-state index contributed by atoms with van der Waals surface area (Å²) in [6.45, 7) is 4.09. The van der Waals surface area contributed by atoms with Gasteiger partial charge in [-0.2, -0.15) is 0 Å². The highest BCUT2D eigenvalue weighted by Gasteiger charge is 2.28. The molecular formula is C29H34FN7. The van der Waals surface area contributed by atoms with Crippen LogP contribution in [0.4, 0.5) is 16.0 Å². The Morgan fingerprint density at radius 3 is 2.59 bits per heavy atom. The van der Waals surface area contributed by atoms with Gasteiger partial charge in [-0.3, -0.25) is 0 Å². The van der Waals surface area contributed by atoms with Crippen LogP contribution in [0.5, 0.6) is 0 Å². The number of piperidine rings is 1. The second-order valence-corrected chi connectivity index (χ2v) is 10.6. The molecule has 0 saturated carbocycles. The number of hydrogen-bond donors (Lipinski definition) is 0. The molecule has 2 saturated heterocycles. The summed E-state index contributed by atoms with van der Waals surface area (Å²) in [5.41, 5.74) is 3.53. The normalized spacial score (nSPS) is 18.9. The van der Waals surface area contributed by atoms with E-state index in [4.69, 9.17) is 10.1 Å². The molecule has 0 bridgehead atoms. The Bertz CT molecular complexity index is 1380. The molecule has 2 fully saturated rings. The van der Waals surface area contributed by atoms with Crippen LogP contribution in [0.15, 0.2) is 60.8 Å². The minimum absolute atomic E-state index is 0.115. The standard InChI is InChI=1S/C29H34FN7/c1-34(2)20-21-13-16-35(17-14-21)28-10-4-8-24(32-28)26-19-31-27-11-12-29(33-37(26)27)36-15-5-9-25(36)22-6-3-7-23(30)18-22/h3-4,6-8,10-12,18-19,21,25H,5,9,13-17,20H2,1-2H3. The van der Waals surface area contributed by atoms with E-state index in [2.05, 4.69) is 45.9 Å². The fourth-order valence-electron chi connectivity index (χ4n) is 5.90. The molecule has 0 spiro atoms. The smallest absolute Gasteiger partial charge is 0.154 e. The maximum Gasteiger partial charge on any atom is 0.154 e. The van der Waals surface area contributed by atoms with Crippen molar-refractivity contribution in [3.05, 3.63) is 72.2 Å². The highest BCUT2D eigenvalue weighted by molar-refractivity contribution is 5.62. The van der Waals surface area contributed by atoms with E-state index in [1.807, 2.05) is 35.0 Å². The van der Waals surface area contributed by atoms with E-state index in [9.17, 15) is 4.39 Å². The lowest BCUT2D eigenvalue weighted by Crippen LogP contribution is -2.37. The molecule has 192 valence electrons. The molecule has 6 rings (SSSR count). The number of imidazole rings is 1. The summed E-state index contributed by atoms with van der Waals surface area (Å²) < 4.78 is 15.8. The van der Waals surface area contributed by atoms with Crippen LogP contribution in [0, 0.1) is 11.7 Å². The fourth-order valence-corrected chi connectivity index (χ4v) is 5.90. The molecule has 8 heteroatoms. The Kier molecular flexibility index (Phi) is 6.50. The van der Waals surface area contributed by atoms with Crippen LogP contribution in [-0.4, -0.2) is 64.8 Å². The van der Waals surface area contributed by atoms with Gasteiger partial charge in [0.05, 0.1) is 17.9 Å². The highest BCUT2D eigenvalue weighted by atomic mass is 19.1. The largest absolute Gasteiger partial charge is 0.357 e. The van der Waals surface area contributed by atoms with Gasteiger partial charge < -0.3 is 14.7 Å². The summed E-state index contributed by atoms with van der Waals surface area (Å²) in [7, 11) is 4.30. The zero-order valence-electron chi connectivity index (χ0n) is 21.6. The van der Waals surface area contributed by atoms with Gasteiger partial charge in [-0.25, -0.2) is 18.9 Å². The lowest BCUT2D eigenvalue weighted by molar-refractivity contribution is 0.284. The maximum absolute atomic E-state index is 13.9. The van der Waals surface area contributed by atoms with Crippen LogP contribution in [-0.2, 0) is 0 Å². The van der Waals surface area contributed by atoms with Crippen LogP contribution in [0.25, 0.3) is 17.0 Å². The van der Waals surface area contributed by atoms with Gasteiger partial charge >= 0.3 is 0 Å². The van der Waals surface area contributed by atoms with E-state index in [0.717, 1.165) is 79.2 Å². The third-order valence-corrected chi connectivity index (χ3v) is 7.69. The van der Waals surface area contributed by atoms with E-state index >= 15 is 0 Å². The monoisotopic (exact) mass is 499 g/mol. The predicted octanol–water partition coefficient (Wildman–Crippen LogP) is 5.05. The molecule has 0 aliphatic carbocycles. The van der Waals surface area contributed by atoms with Crippen molar-refractivity contribution in [2.75, 3.05) is 50.1 Å². The van der Waals surface area contributed by atoms with Crippen LogP contribution in [0.2, 0.25) is 0 Å². The highest BCUT2D eigenvalue weighted by Crippen LogP contribution is 2.36. The number of halogens is 1. The molecule has 1 atom stereocenters. The molecule has 37 heavy (non-hydrogen) atoms. The number of aromatic nitrogens is 4. The number of fused-ring (bicyclic) bond motifs is 1. The number of nitrogens with zero attached hydrogens (tertiary/aromatic N) is 7. The Morgan fingerprint density at radius 2 is 1.78 bits per heavy atom. The quantitative estimate of drug-likeness (QED) is 0.370. The lowest BCUT2D eigenvalue weighted by atomic mass is 9.96. The summed E-state index contributed by atoms with van der Waals surface area (Å²) in [4.78, 5) is 16.6. The Balaban J connectivity index is 1.27. The Labute approximate surface area is 217 Å². The van der Waals surface area contributed by atoms with Gasteiger partial charge in [0, 0.05) is 26.2 Å². The lowest BCUT2D eigenvalue weighted by Gasteiger charge is -2.34. The first kappa shape index (κ1) is 23.9. The minimum atomic E-state index is -0.197. The Morgan fingerprint density at radius 1 is 0.946 bits per heavy atom. The number of benzene rings is 1. The van der Waals surface area contributed by atoms with Gasteiger partial charge in [0.15, 0.2) is 5.65 Å². The number of rotatable bonds is 6. The Hall–Kier alpha value is -3.52. The molecule has 2 aliphatic rings. The molecule has 1 unspecified atom stereocenters. The first-order valence-corrected chi connectivity index (χ1v) is 13.3. The van der Waals surface area contributed by atoms with E-state index in [-0.39, 0.29) is 11.9 Å². The van der Waals surface area contributed by atoms with Crippen molar-refractivity contribution in [2.24, 2.45) is 5.92 Å². The summed E-state index contributed by atoms with van der Waals surface area (Å²) in [5, 5.41) is 5.00. The second-order valence-electron chi connectivity index (χ2n) is 10.6. The summed E-state index contributed by atoms with van der Waals surface area (Å²) >= 11 is 0. The maximum atomic E-state index is 13.9. The topological polar surface area (TPSA) is 52.8 Å². The van der Waals surface area contributed by atoms with Gasteiger partial charge in [0.1, 0.15) is 23.1 Å². The van der Waals surface area contributed by atoms with Crippen molar-refractivity contribution in [3.8, 4) is 11.4 Å². The van der Waals surface area contributed by atoms with Crippen molar-refractivity contribution < 1.29 is 4.39 Å². The average Bonchev–Trinajstić information content (AvgIpc) is 3.56. The molecule has 2 aliphatic heterocycles.